The van der Waals surface area contributed by atoms with E-state index in [1.807, 2.05) is 0 Å². The van der Waals surface area contributed by atoms with E-state index >= 15 is 0 Å². The van der Waals surface area contributed by atoms with Crippen LogP contribution in [-0.2, 0) is 16.0 Å². The second-order valence-corrected chi connectivity index (χ2v) is 4.86. The number of ether oxygens (including phenoxy) is 2. The van der Waals surface area contributed by atoms with E-state index in [1.165, 1.54) is 21.1 Å². The minimum atomic E-state index is -1.80. The summed E-state index contributed by atoms with van der Waals surface area (Å²) >= 11 is 0. The molecule has 0 bridgehead atoms. The fourth-order valence-corrected chi connectivity index (χ4v) is 2.12. The number of hydrogen-bond acceptors (Lipinski definition) is 6. The minimum absolute atomic E-state index is 0.117. The fourth-order valence-electron chi connectivity index (χ4n) is 2.12. The summed E-state index contributed by atoms with van der Waals surface area (Å²) in [5.74, 6) is -1.18. The highest BCUT2D eigenvalue weighted by Gasteiger charge is 2.43. The number of aliphatic carboxylic acids is 1. The van der Waals surface area contributed by atoms with Crippen LogP contribution in [0.3, 0.4) is 0 Å². The maximum absolute atomic E-state index is 11.6. The molecule has 0 fully saturated rings. The van der Waals surface area contributed by atoms with Gasteiger partial charge in [-0.05, 0) is 24.6 Å². The van der Waals surface area contributed by atoms with E-state index in [4.69, 9.17) is 9.47 Å². The van der Waals surface area contributed by atoms with Crippen molar-refractivity contribution in [1.29, 1.82) is 0 Å². The second-order valence-electron chi connectivity index (χ2n) is 4.86. The van der Waals surface area contributed by atoms with Gasteiger partial charge in [0.05, 0.1) is 19.5 Å². The van der Waals surface area contributed by atoms with Crippen LogP contribution >= 0.6 is 0 Å². The quantitative estimate of drug-likeness (QED) is 0.606. The summed E-state index contributed by atoms with van der Waals surface area (Å²) in [6, 6.07) is 4.83. The molecule has 0 radical (unpaired) electrons. The molecule has 1 aromatic rings. The number of carboxylic acids is 1. The standard InChI is InChI=1S/C14H18N2O6/c1-9(17)16(15-20)14(2,13(18)19)8-10-5-6-11(21-3)12(7-10)22-4/h5-7H,8H2,1-4H3,(H,18,19)/t14-/m0/s1. The number of carbonyl (C=O) groups excluding carboxylic acids is 1. The molecule has 1 rings (SSSR count). The molecule has 120 valence electrons. The Balaban J connectivity index is 3.24. The first kappa shape index (κ1) is 17.4. The zero-order valence-electron chi connectivity index (χ0n) is 12.8. The summed E-state index contributed by atoms with van der Waals surface area (Å²) in [4.78, 5) is 33.9. The van der Waals surface area contributed by atoms with E-state index in [1.54, 1.807) is 18.2 Å². The molecule has 1 amide bonds. The molecule has 0 aliphatic carbocycles. The summed E-state index contributed by atoms with van der Waals surface area (Å²) in [6.07, 6.45) is -0.117. The van der Waals surface area contributed by atoms with Gasteiger partial charge in [-0.3, -0.25) is 4.79 Å². The first-order valence-corrected chi connectivity index (χ1v) is 6.38. The van der Waals surface area contributed by atoms with E-state index in [-0.39, 0.29) is 6.42 Å². The molecule has 1 aromatic carbocycles. The van der Waals surface area contributed by atoms with Crippen molar-refractivity contribution in [3.8, 4) is 11.5 Å². The van der Waals surface area contributed by atoms with Crippen LogP contribution in [0.4, 0.5) is 0 Å². The number of amides is 1. The molecule has 0 unspecified atom stereocenters. The predicted molar refractivity (Wildman–Crippen MR) is 77.6 cm³/mol. The van der Waals surface area contributed by atoms with Crippen molar-refractivity contribution in [1.82, 2.24) is 5.01 Å². The number of benzene rings is 1. The lowest BCUT2D eigenvalue weighted by molar-refractivity contribution is -0.157. The largest absolute Gasteiger partial charge is 0.493 e. The number of methoxy groups -OCH3 is 2. The Labute approximate surface area is 127 Å². The van der Waals surface area contributed by atoms with Crippen LogP contribution in [0.25, 0.3) is 0 Å². The summed E-state index contributed by atoms with van der Waals surface area (Å²) in [5, 5.41) is 12.4. The van der Waals surface area contributed by atoms with Gasteiger partial charge in [0.2, 0.25) is 5.91 Å². The van der Waals surface area contributed by atoms with Gasteiger partial charge in [-0.1, -0.05) is 6.07 Å². The number of nitrogens with zero attached hydrogens (tertiary/aromatic N) is 2. The number of carbonyl (C=O) groups is 2. The van der Waals surface area contributed by atoms with Crippen LogP contribution < -0.4 is 9.47 Å². The van der Waals surface area contributed by atoms with Gasteiger partial charge in [0.1, 0.15) is 0 Å². The van der Waals surface area contributed by atoms with Crippen molar-refractivity contribution < 1.29 is 24.2 Å². The average molecular weight is 310 g/mol. The van der Waals surface area contributed by atoms with Gasteiger partial charge in [-0.25, -0.2) is 4.79 Å². The molecule has 0 heterocycles. The van der Waals surface area contributed by atoms with Crippen molar-refractivity contribution >= 4 is 11.9 Å². The van der Waals surface area contributed by atoms with Crippen molar-refractivity contribution in [2.24, 2.45) is 5.29 Å². The van der Waals surface area contributed by atoms with Crippen LogP contribution in [0.2, 0.25) is 0 Å². The molecule has 1 N–H and O–H groups in total. The highest BCUT2D eigenvalue weighted by atomic mass is 16.5. The fraction of sp³-hybridized carbons (Fsp3) is 0.429. The van der Waals surface area contributed by atoms with Gasteiger partial charge in [-0.2, -0.15) is 5.01 Å². The van der Waals surface area contributed by atoms with Crippen LogP contribution in [0.15, 0.2) is 23.5 Å². The van der Waals surface area contributed by atoms with Gasteiger partial charge in [0, 0.05) is 13.3 Å². The minimum Gasteiger partial charge on any atom is -0.493 e. The summed E-state index contributed by atoms with van der Waals surface area (Å²) in [7, 11) is 2.93. The predicted octanol–water partition coefficient (Wildman–Crippen LogP) is 1.62. The maximum Gasteiger partial charge on any atom is 0.331 e. The lowest BCUT2D eigenvalue weighted by Crippen LogP contribution is -2.53. The van der Waals surface area contributed by atoms with E-state index in [9.17, 15) is 19.6 Å². The Hall–Kier alpha value is -2.64. The zero-order chi connectivity index (χ0) is 16.9. The molecule has 0 spiro atoms. The van der Waals surface area contributed by atoms with Crippen molar-refractivity contribution in [3.63, 3.8) is 0 Å². The number of hydrogen-bond donors (Lipinski definition) is 1. The monoisotopic (exact) mass is 310 g/mol. The SMILES string of the molecule is COc1ccc(C[C@@](C)(C(=O)O)N(N=O)C(C)=O)cc1OC. The molecular formula is C14H18N2O6. The molecule has 8 nitrogen and oxygen atoms in total. The molecule has 1 atom stereocenters. The smallest absolute Gasteiger partial charge is 0.331 e. The zero-order valence-corrected chi connectivity index (χ0v) is 12.8. The van der Waals surface area contributed by atoms with Crippen LogP contribution in [0.5, 0.6) is 11.5 Å². The maximum atomic E-state index is 11.6. The third-order valence-corrected chi connectivity index (χ3v) is 3.30. The topological polar surface area (TPSA) is 106 Å². The van der Waals surface area contributed by atoms with Crippen molar-refractivity contribution in [2.45, 2.75) is 25.8 Å². The van der Waals surface area contributed by atoms with Crippen molar-refractivity contribution in [2.75, 3.05) is 14.2 Å². The highest BCUT2D eigenvalue weighted by molar-refractivity contribution is 5.85. The van der Waals surface area contributed by atoms with Crippen LogP contribution in [0.1, 0.15) is 19.4 Å². The Kier molecular flexibility index (Phi) is 5.44. The molecule has 0 saturated carbocycles. The van der Waals surface area contributed by atoms with E-state index < -0.39 is 17.4 Å². The van der Waals surface area contributed by atoms with Gasteiger partial charge >= 0.3 is 5.97 Å². The Morgan fingerprint density at radius 1 is 1.27 bits per heavy atom. The molecule has 0 aliphatic rings. The Bertz CT molecular complexity index is 589. The van der Waals surface area contributed by atoms with Gasteiger partial charge in [-0.15, -0.1) is 4.91 Å². The van der Waals surface area contributed by atoms with Crippen LogP contribution in [-0.4, -0.2) is 41.8 Å². The summed E-state index contributed by atoms with van der Waals surface area (Å²) < 4.78 is 10.2. The van der Waals surface area contributed by atoms with E-state index in [0.29, 0.717) is 22.1 Å². The average Bonchev–Trinajstić information content (AvgIpc) is 2.47. The third kappa shape index (κ3) is 3.33. The molecule has 0 saturated heterocycles. The Morgan fingerprint density at radius 2 is 1.86 bits per heavy atom. The third-order valence-electron chi connectivity index (χ3n) is 3.30. The lowest BCUT2D eigenvalue weighted by atomic mass is 9.91. The first-order valence-electron chi connectivity index (χ1n) is 6.38. The second kappa shape index (κ2) is 6.88. The Morgan fingerprint density at radius 3 is 2.27 bits per heavy atom. The van der Waals surface area contributed by atoms with Gasteiger partial charge < -0.3 is 14.6 Å². The van der Waals surface area contributed by atoms with Gasteiger partial charge in [0.15, 0.2) is 17.0 Å². The normalized spacial score (nSPS) is 12.9. The van der Waals surface area contributed by atoms with E-state index in [2.05, 4.69) is 5.29 Å². The molecular weight excluding hydrogens is 292 g/mol. The van der Waals surface area contributed by atoms with E-state index in [0.717, 1.165) is 6.92 Å². The summed E-state index contributed by atoms with van der Waals surface area (Å²) in [5.41, 5.74) is -1.25. The van der Waals surface area contributed by atoms with Gasteiger partial charge in [0.25, 0.3) is 0 Å². The summed E-state index contributed by atoms with van der Waals surface area (Å²) in [6.45, 7) is 2.34. The van der Waals surface area contributed by atoms with Crippen LogP contribution in [0, 0.1) is 4.91 Å². The van der Waals surface area contributed by atoms with Crippen molar-refractivity contribution in [3.05, 3.63) is 28.7 Å². The molecule has 22 heavy (non-hydrogen) atoms. The lowest BCUT2D eigenvalue weighted by Gasteiger charge is -2.31. The molecule has 0 aliphatic heterocycles. The first-order chi connectivity index (χ1) is 10.3. The number of carboxylic acid groups (broad SMARTS) is 1. The number of rotatable bonds is 7. The molecule has 0 aromatic heterocycles. The molecule has 8 heteroatoms. The highest BCUT2D eigenvalue weighted by Crippen LogP contribution is 2.30. The number of nitroso groups, excluding NO2 is 1.